The van der Waals surface area contributed by atoms with Crippen LogP contribution in [0.2, 0.25) is 0 Å². The number of carbonyl (C=O) groups is 1. The third kappa shape index (κ3) is 1.79. The quantitative estimate of drug-likeness (QED) is 0.890. The first kappa shape index (κ1) is 11.2. The minimum Gasteiger partial charge on any atom is -0.320 e. The van der Waals surface area contributed by atoms with Crippen LogP contribution in [0.4, 0.5) is 0 Å². The zero-order valence-electron chi connectivity index (χ0n) is 10.1. The topological polar surface area (TPSA) is 32.3 Å². The lowest BCUT2D eigenvalue weighted by Gasteiger charge is -2.22. The van der Waals surface area contributed by atoms with E-state index in [0.29, 0.717) is 5.91 Å². The van der Waals surface area contributed by atoms with Crippen LogP contribution in [-0.2, 0) is 4.79 Å². The molecule has 92 valence electrons. The molecular weight excluding hydrogens is 232 g/mol. The predicted octanol–water partition coefficient (Wildman–Crippen LogP) is 2.51. The summed E-state index contributed by atoms with van der Waals surface area (Å²) in [6, 6.07) is 4.18. The number of hydrogen-bond acceptors (Lipinski definition) is 3. The van der Waals surface area contributed by atoms with Gasteiger partial charge in [-0.05, 0) is 30.7 Å². The van der Waals surface area contributed by atoms with E-state index < -0.39 is 0 Å². The minimum absolute atomic E-state index is 0.122. The summed E-state index contributed by atoms with van der Waals surface area (Å²) in [5.41, 5.74) is -0.192. The molecule has 1 atom stereocenters. The molecular formula is C13H18N2OS. The molecule has 0 aromatic carbocycles. The summed E-state index contributed by atoms with van der Waals surface area (Å²) in [6.45, 7) is 3.05. The maximum atomic E-state index is 12.4. The third-order valence-corrected chi connectivity index (χ3v) is 4.63. The molecule has 4 heteroatoms. The van der Waals surface area contributed by atoms with Gasteiger partial charge in [0.05, 0.1) is 0 Å². The summed E-state index contributed by atoms with van der Waals surface area (Å²) >= 11 is 1.73. The van der Waals surface area contributed by atoms with E-state index in [1.165, 1.54) is 4.88 Å². The average Bonchev–Trinajstić information content (AvgIpc) is 2.82. The van der Waals surface area contributed by atoms with Crippen molar-refractivity contribution in [2.45, 2.75) is 44.3 Å². The second kappa shape index (κ2) is 4.10. The van der Waals surface area contributed by atoms with Crippen molar-refractivity contribution in [3.63, 3.8) is 0 Å². The largest absolute Gasteiger partial charge is 0.320 e. The summed E-state index contributed by atoms with van der Waals surface area (Å²) in [5.74, 6) is 0.323. The third-order valence-electron chi connectivity index (χ3n) is 3.71. The fraction of sp³-hybridized carbons (Fsp3) is 0.615. The number of carbonyl (C=O) groups excluding carboxylic acids is 1. The maximum Gasteiger partial charge on any atom is 0.244 e. The molecule has 1 aliphatic carbocycles. The van der Waals surface area contributed by atoms with E-state index in [4.69, 9.17) is 0 Å². The van der Waals surface area contributed by atoms with Crippen molar-refractivity contribution in [1.82, 2.24) is 10.2 Å². The SMILES string of the molecule is CCCCN1C(=O)C2(CC2)NC1c1cccs1. The molecule has 1 saturated carbocycles. The van der Waals surface area contributed by atoms with Gasteiger partial charge in [0, 0.05) is 11.4 Å². The van der Waals surface area contributed by atoms with Crippen LogP contribution in [0.3, 0.4) is 0 Å². The van der Waals surface area contributed by atoms with Crippen LogP contribution in [0.15, 0.2) is 17.5 Å². The van der Waals surface area contributed by atoms with Gasteiger partial charge in [0.2, 0.25) is 5.91 Å². The lowest BCUT2D eigenvalue weighted by atomic mass is 10.2. The van der Waals surface area contributed by atoms with Gasteiger partial charge in [-0.1, -0.05) is 19.4 Å². The van der Waals surface area contributed by atoms with Crippen molar-refractivity contribution in [1.29, 1.82) is 0 Å². The Balaban J connectivity index is 1.83. The van der Waals surface area contributed by atoms with Crippen LogP contribution in [0.25, 0.3) is 0 Å². The first-order valence-corrected chi connectivity index (χ1v) is 7.27. The Bertz CT molecular complexity index is 411. The number of unbranched alkanes of at least 4 members (excludes halogenated alkanes) is 1. The number of nitrogens with one attached hydrogen (secondary N) is 1. The molecule has 3 nitrogen and oxygen atoms in total. The number of thiophene rings is 1. The van der Waals surface area contributed by atoms with Crippen molar-refractivity contribution in [3.8, 4) is 0 Å². The maximum absolute atomic E-state index is 12.4. The van der Waals surface area contributed by atoms with Crippen LogP contribution in [0.5, 0.6) is 0 Å². The van der Waals surface area contributed by atoms with Gasteiger partial charge in [0.15, 0.2) is 0 Å². The van der Waals surface area contributed by atoms with Crippen molar-refractivity contribution >= 4 is 17.2 Å². The van der Waals surface area contributed by atoms with Crippen molar-refractivity contribution < 1.29 is 4.79 Å². The van der Waals surface area contributed by atoms with E-state index in [9.17, 15) is 4.79 Å². The van der Waals surface area contributed by atoms with Crippen LogP contribution in [0.1, 0.15) is 43.6 Å². The first-order valence-electron chi connectivity index (χ1n) is 6.39. The normalized spacial score (nSPS) is 25.8. The Morgan fingerprint density at radius 2 is 2.41 bits per heavy atom. The molecule has 0 radical (unpaired) electrons. The van der Waals surface area contributed by atoms with Gasteiger partial charge >= 0.3 is 0 Å². The molecule has 1 spiro atoms. The molecule has 1 aliphatic heterocycles. The zero-order valence-corrected chi connectivity index (χ0v) is 10.9. The van der Waals surface area contributed by atoms with E-state index in [1.807, 2.05) is 4.90 Å². The van der Waals surface area contributed by atoms with Gasteiger partial charge < -0.3 is 4.90 Å². The fourth-order valence-corrected chi connectivity index (χ4v) is 3.29. The monoisotopic (exact) mass is 250 g/mol. The average molecular weight is 250 g/mol. The van der Waals surface area contributed by atoms with Crippen molar-refractivity contribution in [3.05, 3.63) is 22.4 Å². The lowest BCUT2D eigenvalue weighted by Crippen LogP contribution is -2.32. The highest BCUT2D eigenvalue weighted by molar-refractivity contribution is 7.10. The van der Waals surface area contributed by atoms with Crippen LogP contribution < -0.4 is 5.32 Å². The summed E-state index contributed by atoms with van der Waals surface area (Å²) in [5, 5.41) is 5.62. The fourth-order valence-electron chi connectivity index (χ4n) is 2.51. The predicted molar refractivity (Wildman–Crippen MR) is 68.8 cm³/mol. The molecule has 2 heterocycles. The van der Waals surface area contributed by atoms with Crippen molar-refractivity contribution in [2.75, 3.05) is 6.54 Å². The Kier molecular flexibility index (Phi) is 2.71. The minimum atomic E-state index is -0.192. The zero-order chi connectivity index (χ0) is 11.9. The first-order chi connectivity index (χ1) is 8.27. The van der Waals surface area contributed by atoms with Gasteiger partial charge in [0.1, 0.15) is 11.7 Å². The van der Waals surface area contributed by atoms with Gasteiger partial charge in [-0.3, -0.25) is 10.1 Å². The molecule has 3 rings (SSSR count). The Morgan fingerprint density at radius 1 is 1.59 bits per heavy atom. The Hall–Kier alpha value is -0.870. The number of hydrogen-bond donors (Lipinski definition) is 1. The van der Waals surface area contributed by atoms with Gasteiger partial charge in [-0.25, -0.2) is 0 Å². The highest BCUT2D eigenvalue weighted by atomic mass is 32.1. The standard InChI is InChI=1S/C13H18N2OS/c1-2-3-8-15-11(10-5-4-9-17-10)14-13(6-7-13)12(15)16/h4-5,9,11,14H,2-3,6-8H2,1H3. The van der Waals surface area contributed by atoms with Crippen LogP contribution >= 0.6 is 11.3 Å². The highest BCUT2D eigenvalue weighted by Gasteiger charge is 2.59. The lowest BCUT2D eigenvalue weighted by molar-refractivity contribution is -0.130. The van der Waals surface area contributed by atoms with Gasteiger partial charge in [-0.15, -0.1) is 11.3 Å². The molecule has 1 saturated heterocycles. The molecule has 2 aliphatic rings. The smallest absolute Gasteiger partial charge is 0.244 e. The molecule has 1 aromatic rings. The molecule has 1 N–H and O–H groups in total. The van der Waals surface area contributed by atoms with E-state index in [2.05, 4.69) is 29.8 Å². The molecule has 17 heavy (non-hydrogen) atoms. The Labute approximate surface area is 106 Å². The van der Waals surface area contributed by atoms with E-state index in [-0.39, 0.29) is 11.7 Å². The summed E-state index contributed by atoms with van der Waals surface area (Å²) in [7, 11) is 0. The number of rotatable bonds is 4. The van der Waals surface area contributed by atoms with Crippen molar-refractivity contribution in [2.24, 2.45) is 0 Å². The molecule has 0 bridgehead atoms. The summed E-state index contributed by atoms with van der Waals surface area (Å²) in [4.78, 5) is 15.7. The van der Waals surface area contributed by atoms with E-state index >= 15 is 0 Å². The van der Waals surface area contributed by atoms with E-state index in [0.717, 1.165) is 32.2 Å². The summed E-state index contributed by atoms with van der Waals surface area (Å²) in [6.07, 6.45) is 4.36. The molecule has 1 unspecified atom stereocenters. The van der Waals surface area contributed by atoms with Gasteiger partial charge in [0.25, 0.3) is 0 Å². The number of amides is 1. The molecule has 2 fully saturated rings. The van der Waals surface area contributed by atoms with Gasteiger partial charge in [-0.2, -0.15) is 0 Å². The Morgan fingerprint density at radius 3 is 3.00 bits per heavy atom. The number of nitrogens with zero attached hydrogens (tertiary/aromatic N) is 1. The van der Waals surface area contributed by atoms with Crippen LogP contribution in [0, 0.1) is 0 Å². The second-order valence-electron chi connectivity index (χ2n) is 5.00. The molecule has 1 amide bonds. The highest BCUT2D eigenvalue weighted by Crippen LogP contribution is 2.46. The van der Waals surface area contributed by atoms with E-state index in [1.54, 1.807) is 11.3 Å². The summed E-state index contributed by atoms with van der Waals surface area (Å²) < 4.78 is 0. The van der Waals surface area contributed by atoms with Crippen LogP contribution in [-0.4, -0.2) is 22.9 Å². The molecule has 1 aromatic heterocycles. The second-order valence-corrected chi connectivity index (χ2v) is 5.98.